The van der Waals surface area contributed by atoms with E-state index >= 15 is 8.78 Å². The Labute approximate surface area is 243 Å². The average Bonchev–Trinajstić information content (AvgIpc) is 3.44. The van der Waals surface area contributed by atoms with Crippen molar-refractivity contribution >= 4 is 12.7 Å². The van der Waals surface area contributed by atoms with E-state index in [0.29, 0.717) is 22.5 Å². The van der Waals surface area contributed by atoms with Gasteiger partial charge in [0.15, 0.2) is 34.6 Å². The molecule has 42 heavy (non-hydrogen) atoms. The van der Waals surface area contributed by atoms with Gasteiger partial charge in [0.1, 0.15) is 0 Å². The minimum absolute atomic E-state index is 0.0938. The predicted molar refractivity (Wildman–Crippen MR) is 157 cm³/mol. The van der Waals surface area contributed by atoms with E-state index in [-0.39, 0.29) is 30.2 Å². The zero-order valence-corrected chi connectivity index (χ0v) is 24.1. The number of aryl methyl sites for hydroxylation is 1. The Morgan fingerprint density at radius 1 is 1.02 bits per heavy atom. The first kappa shape index (κ1) is 29.8. The third-order valence-corrected chi connectivity index (χ3v) is 6.49. The predicted octanol–water partition coefficient (Wildman–Crippen LogP) is 3.83. The SMILES string of the molecule is C=c1ncc(-c2cnn(C)c2)c/c1=C/C(=C\C)N(CC#Cc1ncccc1OC)Cc1c(F)c(OC)cc(OC)c1F. The van der Waals surface area contributed by atoms with Gasteiger partial charge in [0.05, 0.1) is 51.5 Å². The molecular weight excluding hydrogens is 540 g/mol. The normalized spacial score (nSPS) is 11.6. The number of hydrogen-bond acceptors (Lipinski definition) is 7. The molecule has 0 aliphatic carbocycles. The van der Waals surface area contributed by atoms with E-state index in [0.717, 1.165) is 16.3 Å². The minimum atomic E-state index is -0.825. The Morgan fingerprint density at radius 3 is 2.36 bits per heavy atom. The second-order valence-electron chi connectivity index (χ2n) is 9.12. The summed E-state index contributed by atoms with van der Waals surface area (Å²) in [5.41, 5.74) is 2.59. The lowest BCUT2D eigenvalue weighted by atomic mass is 10.1. The summed E-state index contributed by atoms with van der Waals surface area (Å²) in [7, 11) is 5.99. The maximum absolute atomic E-state index is 15.4. The van der Waals surface area contributed by atoms with E-state index in [2.05, 4.69) is 33.5 Å². The quantitative estimate of drug-likeness (QED) is 0.283. The molecule has 216 valence electrons. The molecule has 0 atom stereocenters. The van der Waals surface area contributed by atoms with Crippen molar-refractivity contribution in [2.45, 2.75) is 13.5 Å². The molecular formula is C32H31F2N5O3. The Hall–Kier alpha value is -5.17. The van der Waals surface area contributed by atoms with Crippen molar-refractivity contribution in [1.82, 2.24) is 24.6 Å². The first-order valence-corrected chi connectivity index (χ1v) is 12.9. The maximum Gasteiger partial charge on any atom is 0.173 e. The average molecular weight is 572 g/mol. The molecule has 0 amide bonds. The van der Waals surface area contributed by atoms with Gasteiger partial charge >= 0.3 is 0 Å². The summed E-state index contributed by atoms with van der Waals surface area (Å²) < 4.78 is 48.2. The lowest BCUT2D eigenvalue weighted by molar-refractivity contribution is 0.333. The highest BCUT2D eigenvalue weighted by Crippen LogP contribution is 2.32. The lowest BCUT2D eigenvalue weighted by Crippen LogP contribution is -2.30. The van der Waals surface area contributed by atoms with E-state index in [1.165, 1.54) is 27.4 Å². The molecule has 3 aromatic heterocycles. The van der Waals surface area contributed by atoms with E-state index in [4.69, 9.17) is 14.2 Å². The molecule has 4 aromatic rings. The van der Waals surface area contributed by atoms with Crippen LogP contribution in [0, 0.1) is 23.5 Å². The molecule has 0 bridgehead atoms. The number of pyridine rings is 2. The van der Waals surface area contributed by atoms with E-state index in [1.54, 1.807) is 40.3 Å². The molecule has 0 aliphatic heterocycles. The van der Waals surface area contributed by atoms with Gasteiger partial charge in [-0.1, -0.05) is 18.6 Å². The Kier molecular flexibility index (Phi) is 9.55. The summed E-state index contributed by atoms with van der Waals surface area (Å²) in [6, 6.07) is 6.62. The van der Waals surface area contributed by atoms with Crippen molar-refractivity contribution in [2.75, 3.05) is 27.9 Å². The van der Waals surface area contributed by atoms with Crippen LogP contribution in [0.1, 0.15) is 18.2 Å². The highest BCUT2D eigenvalue weighted by atomic mass is 19.1. The highest BCUT2D eigenvalue weighted by Gasteiger charge is 2.22. The second-order valence-corrected chi connectivity index (χ2v) is 9.12. The zero-order valence-electron chi connectivity index (χ0n) is 24.1. The first-order chi connectivity index (χ1) is 20.3. The molecule has 0 aliphatic rings. The Morgan fingerprint density at radius 2 is 1.74 bits per heavy atom. The van der Waals surface area contributed by atoms with Crippen LogP contribution in [-0.4, -0.2) is 52.5 Å². The van der Waals surface area contributed by atoms with Gasteiger partial charge in [-0.2, -0.15) is 5.10 Å². The fraction of sp³-hybridized carbons (Fsp3) is 0.219. The maximum atomic E-state index is 15.4. The number of nitrogens with zero attached hydrogens (tertiary/aromatic N) is 5. The number of ether oxygens (including phenoxy) is 3. The molecule has 0 saturated heterocycles. The van der Waals surface area contributed by atoms with E-state index in [9.17, 15) is 0 Å². The molecule has 3 heterocycles. The summed E-state index contributed by atoms with van der Waals surface area (Å²) >= 11 is 0. The van der Waals surface area contributed by atoms with Crippen LogP contribution in [0.5, 0.6) is 17.2 Å². The number of allylic oxidation sites excluding steroid dienone is 2. The molecule has 0 fully saturated rings. The van der Waals surface area contributed by atoms with Crippen molar-refractivity contribution < 1.29 is 23.0 Å². The molecule has 0 N–H and O–H groups in total. The summed E-state index contributed by atoms with van der Waals surface area (Å²) in [6.45, 7) is 5.81. The number of aromatic nitrogens is 4. The van der Waals surface area contributed by atoms with Crippen LogP contribution >= 0.6 is 0 Å². The van der Waals surface area contributed by atoms with Crippen LogP contribution in [0.25, 0.3) is 23.8 Å². The number of benzene rings is 1. The van der Waals surface area contributed by atoms with Gasteiger partial charge in [0.2, 0.25) is 0 Å². The molecule has 0 radical (unpaired) electrons. The van der Waals surface area contributed by atoms with Crippen LogP contribution in [0.3, 0.4) is 0 Å². The van der Waals surface area contributed by atoms with Gasteiger partial charge in [-0.3, -0.25) is 9.67 Å². The number of halogens is 2. The van der Waals surface area contributed by atoms with Crippen LogP contribution in [0.4, 0.5) is 8.78 Å². The molecule has 0 unspecified atom stereocenters. The standard InChI is InChI=1S/C32H31F2N5O3/c1-7-25(15-22-14-23(17-36-21(22)2)24-18-37-38(3)19-24)39(13-9-10-27-28(40-4)11-8-12-35-27)20-26-31(33)29(41-5)16-30(42-6)32(26)34/h7-8,11-12,14-19H,2,13,20H2,1,3-6H3/b22-15-,25-7+. The topological polar surface area (TPSA) is 74.5 Å². The fourth-order valence-corrected chi connectivity index (χ4v) is 4.25. The smallest absolute Gasteiger partial charge is 0.173 e. The summed E-state index contributed by atoms with van der Waals surface area (Å²) in [5.74, 6) is 4.68. The van der Waals surface area contributed by atoms with E-state index in [1.807, 2.05) is 38.4 Å². The molecule has 0 spiro atoms. The van der Waals surface area contributed by atoms with Gasteiger partial charge in [-0.15, -0.1) is 0 Å². The van der Waals surface area contributed by atoms with Crippen molar-refractivity contribution in [3.05, 3.63) is 94.3 Å². The Bertz CT molecular complexity index is 1760. The molecule has 0 saturated carbocycles. The third-order valence-electron chi connectivity index (χ3n) is 6.49. The summed E-state index contributed by atoms with van der Waals surface area (Å²) in [4.78, 5) is 10.5. The Balaban J connectivity index is 1.81. The third kappa shape index (κ3) is 6.58. The fourth-order valence-electron chi connectivity index (χ4n) is 4.25. The first-order valence-electron chi connectivity index (χ1n) is 12.9. The van der Waals surface area contributed by atoms with Gasteiger partial charge in [0, 0.05) is 53.7 Å². The number of methoxy groups -OCH3 is 3. The highest BCUT2D eigenvalue weighted by molar-refractivity contribution is 5.62. The second kappa shape index (κ2) is 13.5. The van der Waals surface area contributed by atoms with Crippen LogP contribution in [0.2, 0.25) is 0 Å². The van der Waals surface area contributed by atoms with Crippen LogP contribution < -0.4 is 24.8 Å². The number of hydrogen-bond donors (Lipinski definition) is 0. The molecule has 10 heteroatoms. The summed E-state index contributed by atoms with van der Waals surface area (Å²) in [6.07, 6.45) is 10.6. The number of rotatable bonds is 9. The molecule has 1 aromatic carbocycles. The molecule has 4 rings (SSSR count). The van der Waals surface area contributed by atoms with Crippen molar-refractivity contribution in [3.63, 3.8) is 0 Å². The van der Waals surface area contributed by atoms with Crippen LogP contribution in [0.15, 0.2) is 60.8 Å². The zero-order chi connectivity index (χ0) is 30.2. The van der Waals surface area contributed by atoms with E-state index < -0.39 is 11.6 Å². The molecule has 8 nitrogen and oxygen atoms in total. The van der Waals surface area contributed by atoms with Crippen molar-refractivity contribution in [2.24, 2.45) is 7.05 Å². The lowest BCUT2D eigenvalue weighted by Gasteiger charge is -2.25. The van der Waals surface area contributed by atoms with Gasteiger partial charge in [-0.05, 0) is 37.1 Å². The minimum Gasteiger partial charge on any atom is -0.494 e. The largest absolute Gasteiger partial charge is 0.494 e. The van der Waals surface area contributed by atoms with Crippen molar-refractivity contribution in [1.29, 1.82) is 0 Å². The van der Waals surface area contributed by atoms with Crippen molar-refractivity contribution in [3.8, 4) is 40.2 Å². The summed E-state index contributed by atoms with van der Waals surface area (Å²) in [5, 5.41) is 5.49. The van der Waals surface area contributed by atoms with Gasteiger partial charge in [0.25, 0.3) is 0 Å². The van der Waals surface area contributed by atoms with Crippen LogP contribution in [-0.2, 0) is 13.6 Å². The van der Waals surface area contributed by atoms with Gasteiger partial charge in [-0.25, -0.2) is 13.8 Å². The van der Waals surface area contributed by atoms with Gasteiger partial charge < -0.3 is 19.1 Å². The monoisotopic (exact) mass is 571 g/mol.